The Morgan fingerprint density at radius 2 is 1.88 bits per heavy atom. The Labute approximate surface area is 141 Å². The highest BCUT2D eigenvalue weighted by Gasteiger charge is 2.19. The van der Waals surface area contributed by atoms with Crippen LogP contribution in [0, 0.1) is 0 Å². The highest BCUT2D eigenvalue weighted by Crippen LogP contribution is 2.28. The van der Waals surface area contributed by atoms with E-state index in [1.165, 1.54) is 17.9 Å². The molecule has 3 rings (SSSR count). The molecule has 0 aliphatic carbocycles. The van der Waals surface area contributed by atoms with Gasteiger partial charge >= 0.3 is 0 Å². The van der Waals surface area contributed by atoms with Gasteiger partial charge in [-0.1, -0.05) is 0 Å². The number of carbonyl (C=O) groups excluding carboxylic acids is 1. The molecule has 1 N–H and O–H groups in total. The van der Waals surface area contributed by atoms with Gasteiger partial charge in [0.1, 0.15) is 5.75 Å². The first-order valence-corrected chi connectivity index (χ1v) is 8.98. The molecule has 0 saturated carbocycles. The van der Waals surface area contributed by atoms with E-state index in [4.69, 9.17) is 4.74 Å². The maximum atomic E-state index is 12.5. The number of rotatable bonds is 4. The van der Waals surface area contributed by atoms with Crippen LogP contribution in [0.3, 0.4) is 0 Å². The minimum Gasteiger partial charge on any atom is -0.493 e. The Balaban J connectivity index is 1.81. The number of amides is 1. The quantitative estimate of drug-likeness (QED) is 0.922. The minimum absolute atomic E-state index is 0.0938. The van der Waals surface area contributed by atoms with Gasteiger partial charge in [-0.2, -0.15) is 0 Å². The number of fused-ring (bicyclic) bond motifs is 1. The van der Waals surface area contributed by atoms with Crippen molar-refractivity contribution in [1.29, 1.82) is 0 Å². The van der Waals surface area contributed by atoms with E-state index in [1.807, 2.05) is 0 Å². The van der Waals surface area contributed by atoms with Crippen molar-refractivity contribution in [1.82, 2.24) is 0 Å². The fourth-order valence-corrected chi connectivity index (χ4v) is 3.59. The Kier molecular flexibility index (Phi) is 4.19. The second-order valence-electron chi connectivity index (χ2n) is 5.60. The molecule has 126 valence electrons. The minimum atomic E-state index is -3.67. The van der Waals surface area contributed by atoms with E-state index in [0.29, 0.717) is 24.4 Å². The summed E-state index contributed by atoms with van der Waals surface area (Å²) in [6.07, 6.45) is 0.713. The first kappa shape index (κ1) is 16.3. The van der Waals surface area contributed by atoms with Gasteiger partial charge in [-0.3, -0.25) is 9.52 Å². The van der Waals surface area contributed by atoms with Crippen LogP contribution in [0.2, 0.25) is 0 Å². The number of hydrogen-bond acceptors (Lipinski definition) is 4. The zero-order chi connectivity index (χ0) is 17.3. The zero-order valence-corrected chi connectivity index (χ0v) is 14.3. The highest BCUT2D eigenvalue weighted by molar-refractivity contribution is 7.92. The predicted molar refractivity (Wildman–Crippen MR) is 92.0 cm³/mol. The smallest absolute Gasteiger partial charge is 0.261 e. The molecule has 6 nitrogen and oxygen atoms in total. The third kappa shape index (κ3) is 3.21. The van der Waals surface area contributed by atoms with Gasteiger partial charge in [0, 0.05) is 31.8 Å². The van der Waals surface area contributed by atoms with Crippen molar-refractivity contribution in [3.05, 3.63) is 48.0 Å². The maximum Gasteiger partial charge on any atom is 0.261 e. The molecule has 0 saturated heterocycles. The molecule has 0 aromatic heterocycles. The van der Waals surface area contributed by atoms with E-state index in [2.05, 4.69) is 4.72 Å². The van der Waals surface area contributed by atoms with Crippen LogP contribution in [-0.4, -0.2) is 28.0 Å². The molecule has 7 heteroatoms. The summed E-state index contributed by atoms with van der Waals surface area (Å²) in [4.78, 5) is 13.0. The van der Waals surface area contributed by atoms with E-state index in [0.717, 1.165) is 11.3 Å². The van der Waals surface area contributed by atoms with Crippen molar-refractivity contribution in [2.75, 3.05) is 23.3 Å². The number of sulfonamides is 1. The Morgan fingerprint density at radius 1 is 1.17 bits per heavy atom. The van der Waals surface area contributed by atoms with Crippen LogP contribution in [0.4, 0.5) is 11.4 Å². The molecule has 2 aromatic carbocycles. The van der Waals surface area contributed by atoms with Crippen LogP contribution in [0.5, 0.6) is 5.75 Å². The summed E-state index contributed by atoms with van der Waals surface area (Å²) in [5, 5.41) is 0. The zero-order valence-electron chi connectivity index (χ0n) is 13.4. The van der Waals surface area contributed by atoms with Gasteiger partial charge < -0.3 is 9.64 Å². The van der Waals surface area contributed by atoms with Gasteiger partial charge in [0.05, 0.1) is 11.5 Å². The summed E-state index contributed by atoms with van der Waals surface area (Å²) in [6.45, 7) is 2.05. The van der Waals surface area contributed by atoms with E-state index < -0.39 is 10.0 Å². The second kappa shape index (κ2) is 6.16. The van der Waals surface area contributed by atoms with Crippen molar-refractivity contribution < 1.29 is 17.9 Å². The molecule has 0 unspecified atom stereocenters. The molecule has 24 heavy (non-hydrogen) atoms. The number of ether oxygens (including phenoxy) is 1. The van der Waals surface area contributed by atoms with Gasteiger partial charge in [0.25, 0.3) is 10.0 Å². The lowest BCUT2D eigenvalue weighted by Crippen LogP contribution is -2.22. The van der Waals surface area contributed by atoms with E-state index >= 15 is 0 Å². The van der Waals surface area contributed by atoms with Crippen LogP contribution in [0.25, 0.3) is 0 Å². The first-order chi connectivity index (χ1) is 11.4. The molecule has 0 radical (unpaired) electrons. The first-order valence-electron chi connectivity index (χ1n) is 7.50. The lowest BCUT2D eigenvalue weighted by molar-refractivity contribution is -0.116. The molecular weight excluding hydrogens is 328 g/mol. The largest absolute Gasteiger partial charge is 0.493 e. The van der Waals surface area contributed by atoms with Gasteiger partial charge in [0.2, 0.25) is 5.91 Å². The molecule has 0 spiro atoms. The van der Waals surface area contributed by atoms with Crippen molar-refractivity contribution >= 4 is 27.3 Å². The Bertz CT molecular complexity index is 876. The van der Waals surface area contributed by atoms with E-state index in [9.17, 15) is 13.2 Å². The summed E-state index contributed by atoms with van der Waals surface area (Å²) in [5.41, 5.74) is 2.03. The fraction of sp³-hybridized carbons (Fsp3) is 0.235. The number of anilines is 2. The van der Waals surface area contributed by atoms with Crippen molar-refractivity contribution in [2.45, 2.75) is 18.2 Å². The predicted octanol–water partition coefficient (Wildman–Crippen LogP) is 2.41. The van der Waals surface area contributed by atoms with Crippen LogP contribution in [-0.2, 0) is 21.2 Å². The van der Waals surface area contributed by atoms with Gasteiger partial charge in [-0.15, -0.1) is 0 Å². The molecule has 1 aliphatic rings. The van der Waals surface area contributed by atoms with Crippen LogP contribution in [0.15, 0.2) is 47.4 Å². The van der Waals surface area contributed by atoms with E-state index in [1.54, 1.807) is 43.4 Å². The van der Waals surface area contributed by atoms with Crippen molar-refractivity contribution in [3.63, 3.8) is 0 Å². The summed E-state index contributed by atoms with van der Waals surface area (Å²) in [7, 11) is -2.01. The molecule has 0 atom stereocenters. The molecule has 0 bridgehead atoms. The Morgan fingerprint density at radius 3 is 2.54 bits per heavy atom. The lowest BCUT2D eigenvalue weighted by atomic mass is 10.2. The summed E-state index contributed by atoms with van der Waals surface area (Å²) < 4.78 is 33.0. The third-order valence-corrected chi connectivity index (χ3v) is 5.33. The molecule has 1 heterocycles. The monoisotopic (exact) mass is 346 g/mol. The van der Waals surface area contributed by atoms with Crippen LogP contribution in [0.1, 0.15) is 12.5 Å². The molecule has 2 aromatic rings. The van der Waals surface area contributed by atoms with Crippen molar-refractivity contribution in [2.24, 2.45) is 0 Å². The highest BCUT2D eigenvalue weighted by atomic mass is 32.2. The molecular formula is C17H18N2O4S. The number of benzene rings is 2. The Hall–Kier alpha value is -2.54. The van der Waals surface area contributed by atoms with E-state index in [-0.39, 0.29) is 10.8 Å². The fourth-order valence-electron chi connectivity index (χ4n) is 2.48. The van der Waals surface area contributed by atoms with Gasteiger partial charge in [0.15, 0.2) is 0 Å². The van der Waals surface area contributed by atoms with Crippen LogP contribution >= 0.6 is 0 Å². The number of nitrogens with zero attached hydrogens (tertiary/aromatic N) is 1. The number of hydrogen-bond donors (Lipinski definition) is 1. The second-order valence-corrected chi connectivity index (χ2v) is 7.28. The lowest BCUT2D eigenvalue weighted by Gasteiger charge is -2.15. The average molecular weight is 346 g/mol. The third-order valence-electron chi connectivity index (χ3n) is 3.95. The topological polar surface area (TPSA) is 75.7 Å². The summed E-state index contributed by atoms with van der Waals surface area (Å²) in [5.74, 6) is 0.647. The normalized spacial score (nSPS) is 13.1. The summed E-state index contributed by atoms with van der Waals surface area (Å²) >= 11 is 0. The summed E-state index contributed by atoms with van der Waals surface area (Å²) in [6, 6.07) is 11.5. The molecule has 0 fully saturated rings. The van der Waals surface area contributed by atoms with Crippen LogP contribution < -0.4 is 14.4 Å². The maximum absolute atomic E-state index is 12.5. The molecule has 1 aliphatic heterocycles. The standard InChI is InChI=1S/C17H18N2O4S/c1-12(20)19(2)15-5-3-14(4-6-15)18-24(21,22)16-7-8-17-13(11-16)9-10-23-17/h3-8,11,18H,9-10H2,1-2H3. The number of carbonyl (C=O) groups is 1. The SMILES string of the molecule is CC(=O)N(C)c1ccc(NS(=O)(=O)c2ccc3c(c2)CCO3)cc1. The number of nitrogens with one attached hydrogen (secondary N) is 1. The van der Waals surface area contributed by atoms with Gasteiger partial charge in [-0.25, -0.2) is 8.42 Å². The average Bonchev–Trinajstić information content (AvgIpc) is 3.02. The van der Waals surface area contributed by atoms with Gasteiger partial charge in [-0.05, 0) is 48.0 Å². The van der Waals surface area contributed by atoms with Crippen molar-refractivity contribution in [3.8, 4) is 5.75 Å². The molecule has 1 amide bonds.